The Morgan fingerprint density at radius 1 is 1.13 bits per heavy atom. The third-order valence-electron chi connectivity index (χ3n) is 5.48. The molecule has 8 heteroatoms. The number of amides is 1. The van der Waals surface area contributed by atoms with Crippen LogP contribution in [0.15, 0.2) is 48.0 Å². The van der Waals surface area contributed by atoms with Crippen LogP contribution < -0.4 is 15.0 Å². The third-order valence-corrected chi connectivity index (χ3v) is 6.37. The molecule has 1 aliphatic rings. The first-order valence-electron chi connectivity index (χ1n) is 10.5. The number of thiazole rings is 1. The molecule has 3 aromatic rings. The van der Waals surface area contributed by atoms with E-state index in [-0.39, 0.29) is 5.91 Å². The van der Waals surface area contributed by atoms with Gasteiger partial charge in [-0.1, -0.05) is 13.0 Å². The van der Waals surface area contributed by atoms with Crippen LogP contribution in [0.2, 0.25) is 0 Å². The molecule has 0 radical (unpaired) electrons. The van der Waals surface area contributed by atoms with E-state index in [4.69, 9.17) is 4.74 Å². The highest BCUT2D eigenvalue weighted by Crippen LogP contribution is 2.25. The lowest BCUT2D eigenvalue weighted by molar-refractivity contribution is 0.0946. The van der Waals surface area contributed by atoms with Gasteiger partial charge >= 0.3 is 0 Å². The molecule has 3 heterocycles. The fourth-order valence-corrected chi connectivity index (χ4v) is 4.32. The van der Waals surface area contributed by atoms with Gasteiger partial charge in [0, 0.05) is 49.9 Å². The summed E-state index contributed by atoms with van der Waals surface area (Å²) in [5.41, 5.74) is 2.36. The molecule has 0 spiro atoms. The number of nitrogens with zero attached hydrogens (tertiary/aromatic N) is 4. The summed E-state index contributed by atoms with van der Waals surface area (Å²) in [6.07, 6.45) is 1.84. The minimum absolute atomic E-state index is 0.184. The Balaban J connectivity index is 1.31. The predicted molar refractivity (Wildman–Crippen MR) is 124 cm³/mol. The molecule has 0 aliphatic carbocycles. The van der Waals surface area contributed by atoms with E-state index in [1.807, 2.05) is 42.6 Å². The van der Waals surface area contributed by atoms with Crippen LogP contribution in [0.25, 0.3) is 10.6 Å². The number of carbonyl (C=O) groups is 1. The Hall–Kier alpha value is -2.97. The number of likely N-dealkylation sites (N-methyl/N-ethyl adjacent to an activating group) is 1. The molecule has 1 amide bonds. The van der Waals surface area contributed by atoms with Gasteiger partial charge in [0.05, 0.1) is 7.11 Å². The molecule has 0 unspecified atom stereocenters. The first kappa shape index (κ1) is 21.3. The van der Waals surface area contributed by atoms with Crippen molar-refractivity contribution in [2.24, 2.45) is 0 Å². The van der Waals surface area contributed by atoms with Crippen LogP contribution in [0.3, 0.4) is 0 Å². The highest BCUT2D eigenvalue weighted by atomic mass is 32.1. The molecular formula is C23H27N5O2S. The number of nitrogens with one attached hydrogen (secondary N) is 1. The fourth-order valence-electron chi connectivity index (χ4n) is 3.52. The van der Waals surface area contributed by atoms with Crippen molar-refractivity contribution in [2.45, 2.75) is 13.5 Å². The molecule has 0 bridgehead atoms. The van der Waals surface area contributed by atoms with E-state index < -0.39 is 0 Å². The maximum atomic E-state index is 12.5. The Bertz CT molecular complexity index is 996. The monoisotopic (exact) mass is 437 g/mol. The van der Waals surface area contributed by atoms with Gasteiger partial charge in [0.1, 0.15) is 22.3 Å². The first-order chi connectivity index (χ1) is 15.2. The number of carbonyl (C=O) groups excluding carboxylic acids is 1. The summed E-state index contributed by atoms with van der Waals surface area (Å²) in [7, 11) is 1.64. The van der Waals surface area contributed by atoms with E-state index in [2.05, 4.69) is 32.0 Å². The average molecular weight is 438 g/mol. The number of methoxy groups -OCH3 is 1. The zero-order chi connectivity index (χ0) is 21.6. The number of hydrogen-bond acceptors (Lipinski definition) is 7. The highest BCUT2D eigenvalue weighted by Gasteiger charge is 2.17. The molecule has 1 fully saturated rings. The van der Waals surface area contributed by atoms with E-state index in [0.29, 0.717) is 12.2 Å². The lowest BCUT2D eigenvalue weighted by atomic mass is 10.2. The minimum Gasteiger partial charge on any atom is -0.497 e. The summed E-state index contributed by atoms with van der Waals surface area (Å²) in [5, 5.41) is 5.53. The lowest BCUT2D eigenvalue weighted by Gasteiger charge is -2.34. The zero-order valence-corrected chi connectivity index (χ0v) is 18.7. The molecule has 1 N–H and O–H groups in total. The SMILES string of the molecule is CCN1CCN(c2ccc(CNC(=O)c3csc(-c4ccc(OC)cc4)n3)cn2)CC1. The molecular weight excluding hydrogens is 410 g/mol. The molecule has 7 nitrogen and oxygen atoms in total. The van der Waals surface area contributed by atoms with Crippen molar-refractivity contribution in [3.8, 4) is 16.3 Å². The fraction of sp³-hybridized carbons (Fsp3) is 0.348. The Morgan fingerprint density at radius 2 is 1.90 bits per heavy atom. The summed E-state index contributed by atoms with van der Waals surface area (Å²) in [5.74, 6) is 1.60. The van der Waals surface area contributed by atoms with Crippen LogP contribution in [0.5, 0.6) is 5.75 Å². The van der Waals surface area contributed by atoms with Gasteiger partial charge in [-0.25, -0.2) is 9.97 Å². The summed E-state index contributed by atoms with van der Waals surface area (Å²) < 4.78 is 5.18. The van der Waals surface area contributed by atoms with Crippen LogP contribution in [0.1, 0.15) is 23.0 Å². The molecule has 162 valence electrons. The number of ether oxygens (including phenoxy) is 1. The maximum absolute atomic E-state index is 12.5. The smallest absolute Gasteiger partial charge is 0.271 e. The van der Waals surface area contributed by atoms with E-state index in [1.54, 1.807) is 12.5 Å². The van der Waals surface area contributed by atoms with Gasteiger partial charge in [0.15, 0.2) is 0 Å². The molecule has 31 heavy (non-hydrogen) atoms. The van der Waals surface area contributed by atoms with Gasteiger partial charge in [-0.15, -0.1) is 11.3 Å². The molecule has 1 aliphatic heterocycles. The Kier molecular flexibility index (Phi) is 6.79. The number of piperazine rings is 1. The summed E-state index contributed by atoms with van der Waals surface area (Å²) in [6.45, 7) is 7.85. The predicted octanol–water partition coefficient (Wildman–Crippen LogP) is 3.29. The summed E-state index contributed by atoms with van der Waals surface area (Å²) in [6, 6.07) is 11.7. The van der Waals surface area contributed by atoms with E-state index in [0.717, 1.165) is 60.4 Å². The number of aromatic nitrogens is 2. The third kappa shape index (κ3) is 5.21. The highest BCUT2D eigenvalue weighted by molar-refractivity contribution is 7.13. The van der Waals surface area contributed by atoms with Gasteiger partial charge in [0.2, 0.25) is 0 Å². The largest absolute Gasteiger partial charge is 0.497 e. The van der Waals surface area contributed by atoms with Crippen LogP contribution >= 0.6 is 11.3 Å². The standard InChI is InChI=1S/C23H27N5O2S/c1-3-27-10-12-28(13-11-27)21-9-4-17(14-24-21)15-25-22(29)20-16-31-23(26-20)18-5-7-19(30-2)8-6-18/h4-9,14,16H,3,10-13,15H2,1-2H3,(H,25,29). The normalized spacial score (nSPS) is 14.5. The van der Waals surface area contributed by atoms with E-state index in [9.17, 15) is 4.79 Å². The molecule has 0 atom stereocenters. The molecule has 1 aromatic carbocycles. The molecule has 2 aromatic heterocycles. The summed E-state index contributed by atoms with van der Waals surface area (Å²) in [4.78, 5) is 26.3. The Labute approximate surface area is 186 Å². The van der Waals surface area contributed by atoms with E-state index in [1.165, 1.54) is 11.3 Å². The number of hydrogen-bond donors (Lipinski definition) is 1. The topological polar surface area (TPSA) is 70.6 Å². The number of anilines is 1. The average Bonchev–Trinajstić information content (AvgIpc) is 3.33. The number of rotatable bonds is 7. The van der Waals surface area contributed by atoms with Gasteiger partial charge in [-0.05, 0) is 42.4 Å². The quantitative estimate of drug-likeness (QED) is 0.612. The molecule has 1 saturated heterocycles. The van der Waals surface area contributed by atoms with Gasteiger partial charge in [-0.2, -0.15) is 0 Å². The van der Waals surface area contributed by atoms with Crippen molar-refractivity contribution < 1.29 is 9.53 Å². The van der Waals surface area contributed by atoms with Gasteiger partial charge < -0.3 is 19.9 Å². The minimum atomic E-state index is -0.184. The molecule has 0 saturated carbocycles. The van der Waals surface area contributed by atoms with E-state index >= 15 is 0 Å². The second kappa shape index (κ2) is 9.89. The van der Waals surface area contributed by atoms with Crippen molar-refractivity contribution in [2.75, 3.05) is 44.7 Å². The number of pyridine rings is 1. The van der Waals surface area contributed by atoms with Crippen LogP contribution in [0.4, 0.5) is 5.82 Å². The second-order valence-corrected chi connectivity index (χ2v) is 8.25. The van der Waals surface area contributed by atoms with Crippen LogP contribution in [-0.4, -0.2) is 60.6 Å². The van der Waals surface area contributed by atoms with Crippen LogP contribution in [0, 0.1) is 0 Å². The Morgan fingerprint density at radius 3 is 2.55 bits per heavy atom. The first-order valence-corrected chi connectivity index (χ1v) is 11.3. The molecule has 4 rings (SSSR count). The number of benzene rings is 1. The second-order valence-electron chi connectivity index (χ2n) is 7.40. The summed E-state index contributed by atoms with van der Waals surface area (Å²) >= 11 is 1.45. The van der Waals surface area contributed by atoms with Gasteiger partial charge in [-0.3, -0.25) is 4.79 Å². The van der Waals surface area contributed by atoms with Crippen molar-refractivity contribution in [1.29, 1.82) is 0 Å². The van der Waals surface area contributed by atoms with Crippen molar-refractivity contribution in [1.82, 2.24) is 20.2 Å². The zero-order valence-electron chi connectivity index (χ0n) is 17.9. The lowest BCUT2D eigenvalue weighted by Crippen LogP contribution is -2.46. The van der Waals surface area contributed by atoms with Crippen molar-refractivity contribution in [3.63, 3.8) is 0 Å². The van der Waals surface area contributed by atoms with Gasteiger partial charge in [0.25, 0.3) is 5.91 Å². The van der Waals surface area contributed by atoms with Crippen molar-refractivity contribution >= 4 is 23.1 Å². The van der Waals surface area contributed by atoms with Crippen molar-refractivity contribution in [3.05, 3.63) is 59.2 Å². The van der Waals surface area contributed by atoms with Crippen LogP contribution in [-0.2, 0) is 6.54 Å². The maximum Gasteiger partial charge on any atom is 0.271 e.